The summed E-state index contributed by atoms with van der Waals surface area (Å²) in [6.07, 6.45) is 8.01. The molecule has 0 aromatic carbocycles. The Labute approximate surface area is 98.4 Å². The number of nitrogens with zero attached hydrogens (tertiary/aromatic N) is 1. The van der Waals surface area contributed by atoms with Crippen LogP contribution in [0.3, 0.4) is 0 Å². The van der Waals surface area contributed by atoms with Crippen LogP contribution in [0, 0.1) is 11.8 Å². The molecule has 1 amide bonds. The second-order valence-corrected chi connectivity index (χ2v) is 5.63. The fourth-order valence-corrected chi connectivity index (χ4v) is 2.83. The first-order chi connectivity index (χ1) is 7.66. The van der Waals surface area contributed by atoms with Gasteiger partial charge in [-0.15, -0.1) is 0 Å². The van der Waals surface area contributed by atoms with Crippen LogP contribution in [0.4, 0.5) is 0 Å². The van der Waals surface area contributed by atoms with Crippen LogP contribution < -0.4 is 5.73 Å². The summed E-state index contributed by atoms with van der Waals surface area (Å²) in [6, 6.07) is 0.334. The number of nitrogens with two attached hydrogens (primary N) is 1. The van der Waals surface area contributed by atoms with Crippen LogP contribution in [-0.4, -0.2) is 30.4 Å². The lowest BCUT2D eigenvalue weighted by molar-refractivity contribution is -0.136. The molecule has 0 aromatic rings. The minimum absolute atomic E-state index is 0.255. The molecule has 0 heterocycles. The summed E-state index contributed by atoms with van der Waals surface area (Å²) in [5, 5.41) is 0. The minimum Gasteiger partial charge on any atom is -0.345 e. The zero-order valence-corrected chi connectivity index (χ0v) is 10.3. The molecule has 2 N–H and O–H groups in total. The SMILES string of the molecule is CN(CC1CCC1)C(=O)C1CCC(N)CC1. The summed E-state index contributed by atoms with van der Waals surface area (Å²) in [5.41, 5.74) is 5.86. The van der Waals surface area contributed by atoms with E-state index in [0.717, 1.165) is 38.1 Å². The lowest BCUT2D eigenvalue weighted by Gasteiger charge is -2.33. The first-order valence-corrected chi connectivity index (χ1v) is 6.67. The molecule has 3 nitrogen and oxygen atoms in total. The summed E-state index contributed by atoms with van der Waals surface area (Å²) in [5.74, 6) is 1.39. The maximum atomic E-state index is 12.2. The van der Waals surface area contributed by atoms with Crippen molar-refractivity contribution in [3.63, 3.8) is 0 Å². The van der Waals surface area contributed by atoms with E-state index in [1.807, 2.05) is 11.9 Å². The number of rotatable bonds is 3. The summed E-state index contributed by atoms with van der Waals surface area (Å²) < 4.78 is 0. The Bertz CT molecular complexity index is 242. The Morgan fingerprint density at radius 1 is 1.19 bits per heavy atom. The molecule has 92 valence electrons. The van der Waals surface area contributed by atoms with Crippen molar-refractivity contribution in [2.24, 2.45) is 17.6 Å². The van der Waals surface area contributed by atoms with Crippen molar-refractivity contribution >= 4 is 5.91 Å². The van der Waals surface area contributed by atoms with Crippen LogP contribution in [0.2, 0.25) is 0 Å². The Morgan fingerprint density at radius 2 is 1.81 bits per heavy atom. The van der Waals surface area contributed by atoms with Gasteiger partial charge in [0.25, 0.3) is 0 Å². The summed E-state index contributed by atoms with van der Waals surface area (Å²) >= 11 is 0. The third kappa shape index (κ3) is 2.76. The van der Waals surface area contributed by atoms with E-state index in [2.05, 4.69) is 0 Å². The fraction of sp³-hybridized carbons (Fsp3) is 0.923. The molecule has 2 aliphatic carbocycles. The lowest BCUT2D eigenvalue weighted by atomic mass is 9.83. The van der Waals surface area contributed by atoms with Crippen molar-refractivity contribution in [1.82, 2.24) is 4.90 Å². The van der Waals surface area contributed by atoms with E-state index in [0.29, 0.717) is 11.9 Å². The molecule has 2 rings (SSSR count). The molecule has 16 heavy (non-hydrogen) atoms. The predicted octanol–water partition coefficient (Wildman–Crippen LogP) is 1.76. The van der Waals surface area contributed by atoms with E-state index in [-0.39, 0.29) is 5.92 Å². The second-order valence-electron chi connectivity index (χ2n) is 5.63. The minimum atomic E-state index is 0.255. The number of hydrogen-bond acceptors (Lipinski definition) is 2. The first-order valence-electron chi connectivity index (χ1n) is 6.67. The average molecular weight is 224 g/mol. The number of carbonyl (C=O) groups is 1. The zero-order chi connectivity index (χ0) is 11.5. The van der Waals surface area contributed by atoms with Gasteiger partial charge in [-0.25, -0.2) is 0 Å². The Balaban J connectivity index is 1.76. The van der Waals surface area contributed by atoms with Gasteiger partial charge in [0, 0.05) is 25.6 Å². The molecular formula is C13H24N2O. The van der Waals surface area contributed by atoms with Crippen molar-refractivity contribution < 1.29 is 4.79 Å². The maximum Gasteiger partial charge on any atom is 0.225 e. The van der Waals surface area contributed by atoms with E-state index >= 15 is 0 Å². The van der Waals surface area contributed by atoms with Gasteiger partial charge in [0.15, 0.2) is 0 Å². The van der Waals surface area contributed by atoms with Crippen molar-refractivity contribution in [3.05, 3.63) is 0 Å². The van der Waals surface area contributed by atoms with Gasteiger partial charge in [-0.1, -0.05) is 6.42 Å². The molecule has 0 spiro atoms. The molecule has 3 heteroatoms. The molecule has 0 radical (unpaired) electrons. The van der Waals surface area contributed by atoms with E-state index in [9.17, 15) is 4.79 Å². The highest BCUT2D eigenvalue weighted by Gasteiger charge is 2.28. The van der Waals surface area contributed by atoms with Crippen LogP contribution in [0.15, 0.2) is 0 Å². The molecule has 0 bridgehead atoms. The largest absolute Gasteiger partial charge is 0.345 e. The summed E-state index contributed by atoms with van der Waals surface area (Å²) in [4.78, 5) is 14.1. The first kappa shape index (κ1) is 11.9. The van der Waals surface area contributed by atoms with Crippen molar-refractivity contribution in [3.8, 4) is 0 Å². The normalized spacial score (nSPS) is 30.9. The van der Waals surface area contributed by atoms with Crippen LogP contribution in [0.25, 0.3) is 0 Å². The lowest BCUT2D eigenvalue weighted by Crippen LogP contribution is -2.40. The van der Waals surface area contributed by atoms with Crippen molar-refractivity contribution in [2.45, 2.75) is 51.0 Å². The van der Waals surface area contributed by atoms with Crippen LogP contribution in [0.1, 0.15) is 44.9 Å². The van der Waals surface area contributed by atoms with Crippen LogP contribution in [0.5, 0.6) is 0 Å². The highest BCUT2D eigenvalue weighted by Crippen LogP contribution is 2.29. The number of carbonyl (C=O) groups excluding carboxylic acids is 1. The average Bonchev–Trinajstić information content (AvgIpc) is 2.23. The number of amides is 1. The number of hydrogen-bond donors (Lipinski definition) is 1. The molecule has 0 atom stereocenters. The predicted molar refractivity (Wildman–Crippen MR) is 64.9 cm³/mol. The van der Waals surface area contributed by atoms with Gasteiger partial charge in [0.1, 0.15) is 0 Å². The third-order valence-electron chi connectivity index (χ3n) is 4.25. The van der Waals surface area contributed by atoms with E-state index in [4.69, 9.17) is 5.73 Å². The maximum absolute atomic E-state index is 12.2. The van der Waals surface area contributed by atoms with Crippen molar-refractivity contribution in [2.75, 3.05) is 13.6 Å². The standard InChI is InChI=1S/C13H24N2O/c1-15(9-10-3-2-4-10)13(16)11-5-7-12(14)8-6-11/h10-12H,2-9,14H2,1H3. The highest BCUT2D eigenvalue weighted by atomic mass is 16.2. The Hall–Kier alpha value is -0.570. The van der Waals surface area contributed by atoms with Gasteiger partial charge in [-0.05, 0) is 44.4 Å². The molecule has 0 saturated heterocycles. The fourth-order valence-electron chi connectivity index (χ4n) is 2.83. The van der Waals surface area contributed by atoms with Crippen LogP contribution in [-0.2, 0) is 4.79 Å². The quantitative estimate of drug-likeness (QED) is 0.794. The van der Waals surface area contributed by atoms with Crippen molar-refractivity contribution in [1.29, 1.82) is 0 Å². The van der Waals surface area contributed by atoms with E-state index in [1.54, 1.807) is 0 Å². The molecule has 0 aliphatic heterocycles. The second kappa shape index (κ2) is 5.17. The van der Waals surface area contributed by atoms with Gasteiger partial charge >= 0.3 is 0 Å². The van der Waals surface area contributed by atoms with Gasteiger partial charge in [-0.2, -0.15) is 0 Å². The molecule has 0 aromatic heterocycles. The molecule has 2 aliphatic rings. The Kier molecular flexibility index (Phi) is 3.85. The van der Waals surface area contributed by atoms with Gasteiger partial charge in [0.2, 0.25) is 5.91 Å². The zero-order valence-electron chi connectivity index (χ0n) is 10.3. The van der Waals surface area contributed by atoms with Gasteiger partial charge in [-0.3, -0.25) is 4.79 Å². The summed E-state index contributed by atoms with van der Waals surface area (Å²) in [7, 11) is 1.97. The topological polar surface area (TPSA) is 46.3 Å². The summed E-state index contributed by atoms with van der Waals surface area (Å²) in [6.45, 7) is 0.974. The third-order valence-corrected chi connectivity index (χ3v) is 4.25. The molecular weight excluding hydrogens is 200 g/mol. The Morgan fingerprint density at radius 3 is 2.31 bits per heavy atom. The van der Waals surface area contributed by atoms with Gasteiger partial charge < -0.3 is 10.6 Å². The smallest absolute Gasteiger partial charge is 0.225 e. The molecule has 0 unspecified atom stereocenters. The molecule has 2 saturated carbocycles. The van der Waals surface area contributed by atoms with E-state index in [1.165, 1.54) is 19.3 Å². The van der Waals surface area contributed by atoms with Gasteiger partial charge in [0.05, 0.1) is 0 Å². The highest BCUT2D eigenvalue weighted by molar-refractivity contribution is 5.78. The van der Waals surface area contributed by atoms with E-state index < -0.39 is 0 Å². The van der Waals surface area contributed by atoms with Crippen LogP contribution >= 0.6 is 0 Å². The monoisotopic (exact) mass is 224 g/mol. The molecule has 2 fully saturated rings.